The fourth-order valence-corrected chi connectivity index (χ4v) is 4.85. The summed E-state index contributed by atoms with van der Waals surface area (Å²) in [5.74, 6) is 0.0187. The highest BCUT2D eigenvalue weighted by Crippen LogP contribution is 2.36. The Balaban J connectivity index is 1.32. The van der Waals surface area contributed by atoms with Gasteiger partial charge in [0.15, 0.2) is 23.9 Å². The van der Waals surface area contributed by atoms with Gasteiger partial charge < -0.3 is 19.2 Å². The minimum Gasteiger partial charge on any atom is -0.490 e. The molecule has 4 aromatic carbocycles. The number of amides is 1. The van der Waals surface area contributed by atoms with Gasteiger partial charge in [-0.3, -0.25) is 9.59 Å². The Morgan fingerprint density at radius 2 is 1.86 bits per heavy atom. The molecule has 0 atom stereocenters. The molecule has 0 spiro atoms. The van der Waals surface area contributed by atoms with Gasteiger partial charge in [-0.2, -0.15) is 9.78 Å². The van der Waals surface area contributed by atoms with E-state index in [2.05, 4.69) is 10.4 Å². The highest BCUT2D eigenvalue weighted by molar-refractivity contribution is 6.32. The van der Waals surface area contributed by atoms with Crippen LogP contribution in [0, 0.1) is 5.82 Å². The summed E-state index contributed by atoms with van der Waals surface area (Å²) in [6.07, 6.45) is 1.44. The van der Waals surface area contributed by atoms with E-state index >= 15 is 0 Å². The van der Waals surface area contributed by atoms with Crippen LogP contribution in [-0.4, -0.2) is 35.0 Å². The first-order chi connectivity index (χ1) is 21.4. The van der Waals surface area contributed by atoms with Crippen molar-refractivity contribution in [2.24, 2.45) is 5.10 Å². The van der Waals surface area contributed by atoms with Crippen molar-refractivity contribution >= 4 is 51.3 Å². The fraction of sp³-hybridized carbons (Fsp3) is 0.0909. The first kappa shape index (κ1) is 28.6. The lowest BCUT2D eigenvalue weighted by atomic mass is 10.2. The predicted octanol–water partition coefficient (Wildman–Crippen LogP) is 6.90. The number of hydrogen-bond donors (Lipinski definition) is 1. The van der Waals surface area contributed by atoms with Crippen LogP contribution in [0.2, 0.25) is 5.02 Å². The lowest BCUT2D eigenvalue weighted by Gasteiger charge is -2.14. The SMILES string of the molecule is CCOc1cc(C=Nn2c(-c3cc4ccccc4o3)nc3ccccc3c2=O)cc(Cl)c1OCC(=O)Nc1cccc(F)c1. The molecule has 0 unspecified atom stereocenters. The first-order valence-electron chi connectivity index (χ1n) is 13.6. The smallest absolute Gasteiger partial charge is 0.282 e. The summed E-state index contributed by atoms with van der Waals surface area (Å²) in [6.45, 7) is 1.67. The normalized spacial score (nSPS) is 11.3. The number of fused-ring (bicyclic) bond motifs is 2. The second kappa shape index (κ2) is 12.4. The number of hydrogen-bond acceptors (Lipinski definition) is 7. The number of para-hydroxylation sites is 2. The maximum atomic E-state index is 13.6. The van der Waals surface area contributed by atoms with Crippen molar-refractivity contribution in [2.45, 2.75) is 6.92 Å². The quantitative estimate of drug-likeness (QED) is 0.178. The van der Waals surface area contributed by atoms with Crippen molar-refractivity contribution in [2.75, 3.05) is 18.5 Å². The number of carbonyl (C=O) groups excluding carboxylic acids is 1. The molecular formula is C33H24ClFN4O5. The third-order valence-electron chi connectivity index (χ3n) is 6.51. The van der Waals surface area contributed by atoms with Crippen LogP contribution in [0.3, 0.4) is 0 Å². The van der Waals surface area contributed by atoms with E-state index in [-0.39, 0.29) is 34.5 Å². The molecule has 44 heavy (non-hydrogen) atoms. The number of carbonyl (C=O) groups is 1. The largest absolute Gasteiger partial charge is 0.490 e. The number of anilines is 1. The van der Waals surface area contributed by atoms with Crippen LogP contribution >= 0.6 is 11.6 Å². The summed E-state index contributed by atoms with van der Waals surface area (Å²) >= 11 is 6.55. The fourth-order valence-electron chi connectivity index (χ4n) is 4.57. The number of nitrogens with zero attached hydrogens (tertiary/aromatic N) is 3. The van der Waals surface area contributed by atoms with Crippen molar-refractivity contribution < 1.29 is 23.1 Å². The lowest BCUT2D eigenvalue weighted by molar-refractivity contribution is -0.118. The predicted molar refractivity (Wildman–Crippen MR) is 167 cm³/mol. The summed E-state index contributed by atoms with van der Waals surface area (Å²) in [5, 5.41) is 8.44. The Kier molecular flexibility index (Phi) is 8.07. The number of aromatic nitrogens is 2. The third-order valence-corrected chi connectivity index (χ3v) is 6.79. The van der Waals surface area contributed by atoms with Gasteiger partial charge in [0, 0.05) is 11.1 Å². The maximum absolute atomic E-state index is 13.6. The Morgan fingerprint density at radius 3 is 2.68 bits per heavy atom. The van der Waals surface area contributed by atoms with E-state index < -0.39 is 18.3 Å². The highest BCUT2D eigenvalue weighted by atomic mass is 35.5. The van der Waals surface area contributed by atoms with Gasteiger partial charge in [-0.05, 0) is 67.1 Å². The molecular weight excluding hydrogens is 587 g/mol. The number of rotatable bonds is 9. The van der Waals surface area contributed by atoms with Crippen molar-refractivity contribution in [3.8, 4) is 23.1 Å². The van der Waals surface area contributed by atoms with Crippen LogP contribution in [0.25, 0.3) is 33.5 Å². The van der Waals surface area contributed by atoms with Gasteiger partial charge in [0.1, 0.15) is 11.4 Å². The second-order valence-corrected chi connectivity index (χ2v) is 9.98. The van der Waals surface area contributed by atoms with Gasteiger partial charge in [0.25, 0.3) is 11.5 Å². The van der Waals surface area contributed by atoms with Crippen LogP contribution in [0.5, 0.6) is 11.5 Å². The molecule has 1 N–H and O–H groups in total. The molecule has 1 amide bonds. The van der Waals surface area contributed by atoms with Crippen LogP contribution in [0.15, 0.2) is 105 Å². The van der Waals surface area contributed by atoms with Crippen LogP contribution in [-0.2, 0) is 4.79 Å². The monoisotopic (exact) mass is 610 g/mol. The summed E-state index contributed by atoms with van der Waals surface area (Å²) in [6, 6.07) is 25.0. The Hall–Kier alpha value is -5.48. The molecule has 0 aliphatic carbocycles. The van der Waals surface area contributed by atoms with E-state index in [1.54, 1.807) is 55.5 Å². The maximum Gasteiger partial charge on any atom is 0.282 e. The van der Waals surface area contributed by atoms with E-state index in [1.165, 1.54) is 29.1 Å². The van der Waals surface area contributed by atoms with Crippen LogP contribution < -0.4 is 20.3 Å². The molecule has 0 saturated heterocycles. The minimum absolute atomic E-state index is 0.146. The van der Waals surface area contributed by atoms with E-state index in [4.69, 9.17) is 30.5 Å². The zero-order chi connectivity index (χ0) is 30.6. The number of nitrogens with one attached hydrogen (secondary N) is 1. The van der Waals surface area contributed by atoms with E-state index in [0.29, 0.717) is 33.5 Å². The Bertz CT molecular complexity index is 2070. The molecule has 11 heteroatoms. The Labute approximate surface area is 255 Å². The topological polar surface area (TPSA) is 108 Å². The van der Waals surface area contributed by atoms with Gasteiger partial charge >= 0.3 is 0 Å². The van der Waals surface area contributed by atoms with E-state index in [9.17, 15) is 14.0 Å². The van der Waals surface area contributed by atoms with Gasteiger partial charge in [0.2, 0.25) is 5.82 Å². The molecule has 0 fully saturated rings. The summed E-state index contributed by atoms with van der Waals surface area (Å²) in [5.41, 5.74) is 1.55. The summed E-state index contributed by atoms with van der Waals surface area (Å²) in [7, 11) is 0. The molecule has 0 bridgehead atoms. The second-order valence-electron chi connectivity index (χ2n) is 9.57. The number of furan rings is 1. The average Bonchev–Trinajstić information content (AvgIpc) is 3.45. The Morgan fingerprint density at radius 1 is 1.05 bits per heavy atom. The molecule has 220 valence electrons. The van der Waals surface area contributed by atoms with Crippen molar-refractivity contribution in [3.05, 3.63) is 118 Å². The third kappa shape index (κ3) is 6.02. The molecule has 6 aromatic rings. The number of halogens is 2. The number of benzene rings is 4. The summed E-state index contributed by atoms with van der Waals surface area (Å²) < 4.78 is 32.1. The zero-order valence-corrected chi connectivity index (χ0v) is 24.0. The molecule has 2 aromatic heterocycles. The standard InChI is InChI=1S/C33H24ClFN4O5/c1-2-42-28-15-20(14-25(34)31(28)43-19-30(40)37-23-10-7-9-22(35)17-23)18-36-39-32(29-16-21-8-3-6-13-27(21)44-29)38-26-12-5-4-11-24(26)33(39)41/h3-18H,2,19H2,1H3,(H,37,40). The van der Waals surface area contributed by atoms with E-state index in [1.807, 2.05) is 24.3 Å². The van der Waals surface area contributed by atoms with Gasteiger partial charge in [-0.25, -0.2) is 9.37 Å². The van der Waals surface area contributed by atoms with Crippen molar-refractivity contribution in [1.29, 1.82) is 0 Å². The summed E-state index contributed by atoms with van der Waals surface area (Å²) in [4.78, 5) is 30.7. The molecule has 9 nitrogen and oxygen atoms in total. The highest BCUT2D eigenvalue weighted by Gasteiger charge is 2.18. The molecule has 0 radical (unpaired) electrons. The van der Waals surface area contributed by atoms with Crippen LogP contribution in [0.1, 0.15) is 12.5 Å². The van der Waals surface area contributed by atoms with Gasteiger partial charge in [0.05, 0.1) is 28.7 Å². The van der Waals surface area contributed by atoms with Gasteiger partial charge in [-0.15, -0.1) is 0 Å². The lowest BCUT2D eigenvalue weighted by Crippen LogP contribution is -2.20. The van der Waals surface area contributed by atoms with Crippen molar-refractivity contribution in [1.82, 2.24) is 9.66 Å². The molecule has 0 aliphatic rings. The van der Waals surface area contributed by atoms with Gasteiger partial charge in [-0.1, -0.05) is 48.0 Å². The molecule has 6 rings (SSSR count). The van der Waals surface area contributed by atoms with E-state index in [0.717, 1.165) is 5.39 Å². The minimum atomic E-state index is -0.513. The first-order valence-corrected chi connectivity index (χ1v) is 14.0. The molecule has 0 saturated carbocycles. The molecule has 0 aliphatic heterocycles. The van der Waals surface area contributed by atoms with Crippen molar-refractivity contribution in [3.63, 3.8) is 0 Å². The zero-order valence-electron chi connectivity index (χ0n) is 23.3. The average molecular weight is 611 g/mol. The molecule has 2 heterocycles. The van der Waals surface area contributed by atoms with Crippen LogP contribution in [0.4, 0.5) is 10.1 Å². The number of ether oxygens (including phenoxy) is 2.